The minimum Gasteiger partial charge on any atom is -0.397 e. The molecule has 1 aromatic rings. The smallest absolute Gasteiger partial charge is 0.263 e. The summed E-state index contributed by atoms with van der Waals surface area (Å²) in [5.74, 6) is 3.00. The van der Waals surface area contributed by atoms with Crippen LogP contribution < -0.4 is 11.1 Å². The van der Waals surface area contributed by atoms with Crippen LogP contribution in [0.3, 0.4) is 0 Å². The zero-order valence-electron chi connectivity index (χ0n) is 8.36. The van der Waals surface area contributed by atoms with Gasteiger partial charge in [-0.3, -0.25) is 4.79 Å². The highest BCUT2D eigenvalue weighted by molar-refractivity contribution is 7.99. The highest BCUT2D eigenvalue weighted by atomic mass is 32.2. The van der Waals surface area contributed by atoms with Crippen molar-refractivity contribution in [3.05, 3.63) is 16.3 Å². The molecule has 0 radical (unpaired) electrons. The van der Waals surface area contributed by atoms with E-state index in [9.17, 15) is 4.79 Å². The lowest BCUT2D eigenvalue weighted by molar-refractivity contribution is 0.0953. The van der Waals surface area contributed by atoms with Crippen molar-refractivity contribution in [3.63, 3.8) is 0 Å². The molecule has 1 aliphatic heterocycles. The molecule has 0 saturated carbocycles. The van der Waals surface area contributed by atoms with Crippen molar-refractivity contribution in [1.29, 1.82) is 0 Å². The summed E-state index contributed by atoms with van der Waals surface area (Å²) in [6.07, 6.45) is 1.21. The Labute approximate surface area is 97.4 Å². The van der Waals surface area contributed by atoms with Gasteiger partial charge in [0.15, 0.2) is 0 Å². The zero-order chi connectivity index (χ0) is 10.7. The lowest BCUT2D eigenvalue weighted by Crippen LogP contribution is -2.29. The molecule has 3 N–H and O–H groups in total. The molecule has 1 aromatic heterocycles. The van der Waals surface area contributed by atoms with Gasteiger partial charge in [-0.25, -0.2) is 0 Å². The van der Waals surface area contributed by atoms with Crippen LogP contribution in [0.15, 0.2) is 11.4 Å². The van der Waals surface area contributed by atoms with Crippen LogP contribution in [0.4, 0.5) is 5.69 Å². The van der Waals surface area contributed by atoms with E-state index in [0.717, 1.165) is 6.54 Å². The summed E-state index contributed by atoms with van der Waals surface area (Å²) in [4.78, 5) is 12.3. The summed E-state index contributed by atoms with van der Waals surface area (Å²) in [6, 6.07) is 1.77. The molecular formula is C10H14N2OS2. The molecule has 1 unspecified atom stereocenters. The lowest BCUT2D eigenvalue weighted by Gasteiger charge is -2.09. The fraction of sp³-hybridized carbons (Fsp3) is 0.500. The van der Waals surface area contributed by atoms with E-state index < -0.39 is 0 Å². The van der Waals surface area contributed by atoms with Crippen molar-refractivity contribution in [1.82, 2.24) is 5.32 Å². The number of nitrogen functional groups attached to an aromatic ring is 1. The second kappa shape index (κ2) is 4.90. The van der Waals surface area contributed by atoms with Gasteiger partial charge in [-0.05, 0) is 35.3 Å². The first-order valence-corrected chi connectivity index (χ1v) is 6.99. The number of nitrogens with one attached hydrogen (secondary N) is 1. The number of thiophene rings is 1. The van der Waals surface area contributed by atoms with Gasteiger partial charge in [0.1, 0.15) is 4.88 Å². The summed E-state index contributed by atoms with van der Waals surface area (Å²) in [7, 11) is 0. The van der Waals surface area contributed by atoms with Crippen LogP contribution in [-0.2, 0) is 0 Å². The number of thioether (sulfide) groups is 1. The van der Waals surface area contributed by atoms with Crippen LogP contribution in [0.2, 0.25) is 0 Å². The third-order valence-electron chi connectivity index (χ3n) is 2.48. The van der Waals surface area contributed by atoms with Gasteiger partial charge in [0.05, 0.1) is 5.69 Å². The van der Waals surface area contributed by atoms with Crippen molar-refractivity contribution >= 4 is 34.7 Å². The Hall–Kier alpha value is -0.680. The average Bonchev–Trinajstić information content (AvgIpc) is 2.84. The standard InChI is InChI=1S/C10H14N2OS2/c11-8-2-4-15-9(8)10(13)12-5-7-1-3-14-6-7/h2,4,7H,1,3,5-6,11H2,(H,12,13). The number of carbonyl (C=O) groups excluding carboxylic acids is 1. The zero-order valence-corrected chi connectivity index (χ0v) is 10.00. The maximum Gasteiger partial charge on any atom is 0.263 e. The summed E-state index contributed by atoms with van der Waals surface area (Å²) in [6.45, 7) is 0.781. The molecule has 0 aromatic carbocycles. The van der Waals surface area contributed by atoms with Gasteiger partial charge >= 0.3 is 0 Å². The third-order valence-corrected chi connectivity index (χ3v) is 4.64. The molecule has 1 fully saturated rings. The molecule has 1 atom stereocenters. The van der Waals surface area contributed by atoms with E-state index in [1.807, 2.05) is 17.1 Å². The number of hydrogen-bond acceptors (Lipinski definition) is 4. The van der Waals surface area contributed by atoms with Gasteiger partial charge in [0, 0.05) is 6.54 Å². The van der Waals surface area contributed by atoms with Crippen LogP contribution in [0.1, 0.15) is 16.1 Å². The fourth-order valence-electron chi connectivity index (χ4n) is 1.57. The third kappa shape index (κ3) is 2.66. The maximum absolute atomic E-state index is 11.7. The van der Waals surface area contributed by atoms with Crippen LogP contribution >= 0.6 is 23.1 Å². The van der Waals surface area contributed by atoms with Crippen molar-refractivity contribution in [2.75, 3.05) is 23.8 Å². The first-order chi connectivity index (χ1) is 7.27. The quantitative estimate of drug-likeness (QED) is 0.850. The van der Waals surface area contributed by atoms with Crippen molar-refractivity contribution < 1.29 is 4.79 Å². The molecule has 0 spiro atoms. The Morgan fingerprint density at radius 2 is 2.53 bits per heavy atom. The molecule has 0 bridgehead atoms. The van der Waals surface area contributed by atoms with Crippen molar-refractivity contribution in [2.45, 2.75) is 6.42 Å². The molecular weight excluding hydrogens is 228 g/mol. The van der Waals surface area contributed by atoms with E-state index in [4.69, 9.17) is 5.73 Å². The van der Waals surface area contributed by atoms with E-state index >= 15 is 0 Å². The summed E-state index contributed by atoms with van der Waals surface area (Å²) < 4.78 is 0. The Morgan fingerprint density at radius 3 is 3.13 bits per heavy atom. The van der Waals surface area contributed by atoms with Gasteiger partial charge in [-0.2, -0.15) is 11.8 Å². The Bertz CT molecular complexity index is 345. The second-order valence-corrected chi connectivity index (χ2v) is 5.71. The number of amides is 1. The number of anilines is 1. The highest BCUT2D eigenvalue weighted by Crippen LogP contribution is 2.23. The normalized spacial score (nSPS) is 20.4. The molecule has 15 heavy (non-hydrogen) atoms. The minimum absolute atomic E-state index is 0.0283. The largest absolute Gasteiger partial charge is 0.397 e. The average molecular weight is 242 g/mol. The second-order valence-electron chi connectivity index (χ2n) is 3.64. The van der Waals surface area contributed by atoms with Gasteiger partial charge in [0.2, 0.25) is 0 Å². The first kappa shape index (κ1) is 10.8. The summed E-state index contributed by atoms with van der Waals surface area (Å²) in [5.41, 5.74) is 6.25. The molecule has 5 heteroatoms. The van der Waals surface area contributed by atoms with Gasteiger partial charge in [-0.1, -0.05) is 0 Å². The van der Waals surface area contributed by atoms with Crippen LogP contribution in [0, 0.1) is 5.92 Å². The van der Waals surface area contributed by atoms with Crippen LogP contribution in [0.25, 0.3) is 0 Å². The number of carbonyl (C=O) groups is 1. The van der Waals surface area contributed by atoms with E-state index in [0.29, 0.717) is 16.5 Å². The predicted molar refractivity (Wildman–Crippen MR) is 66.5 cm³/mol. The van der Waals surface area contributed by atoms with E-state index in [1.54, 1.807) is 6.07 Å². The van der Waals surface area contributed by atoms with Crippen LogP contribution in [0.5, 0.6) is 0 Å². The molecule has 1 saturated heterocycles. The molecule has 2 rings (SSSR count). The van der Waals surface area contributed by atoms with Crippen LogP contribution in [-0.4, -0.2) is 24.0 Å². The van der Waals surface area contributed by atoms with E-state index in [1.165, 1.54) is 29.3 Å². The van der Waals surface area contributed by atoms with Gasteiger partial charge in [0.25, 0.3) is 5.91 Å². The highest BCUT2D eigenvalue weighted by Gasteiger charge is 2.17. The summed E-state index contributed by atoms with van der Waals surface area (Å²) in [5, 5.41) is 4.79. The topological polar surface area (TPSA) is 55.1 Å². The van der Waals surface area contributed by atoms with E-state index in [2.05, 4.69) is 5.32 Å². The maximum atomic E-state index is 11.7. The van der Waals surface area contributed by atoms with Crippen molar-refractivity contribution in [3.8, 4) is 0 Å². The molecule has 3 nitrogen and oxygen atoms in total. The SMILES string of the molecule is Nc1ccsc1C(=O)NCC1CCSC1. The fourth-order valence-corrected chi connectivity index (χ4v) is 3.58. The molecule has 0 aliphatic carbocycles. The lowest BCUT2D eigenvalue weighted by atomic mass is 10.1. The number of nitrogens with two attached hydrogens (primary N) is 1. The number of hydrogen-bond donors (Lipinski definition) is 2. The van der Waals surface area contributed by atoms with Crippen molar-refractivity contribution in [2.24, 2.45) is 5.92 Å². The Morgan fingerprint density at radius 1 is 1.67 bits per heavy atom. The van der Waals surface area contributed by atoms with E-state index in [-0.39, 0.29) is 5.91 Å². The minimum atomic E-state index is -0.0283. The summed E-state index contributed by atoms with van der Waals surface area (Å²) >= 11 is 3.36. The Kier molecular flexibility index (Phi) is 3.53. The molecule has 2 heterocycles. The molecule has 1 amide bonds. The molecule has 82 valence electrons. The number of rotatable bonds is 3. The monoisotopic (exact) mass is 242 g/mol. The van der Waals surface area contributed by atoms with Gasteiger partial charge < -0.3 is 11.1 Å². The van der Waals surface area contributed by atoms with Gasteiger partial charge in [-0.15, -0.1) is 11.3 Å². The Balaban J connectivity index is 1.84. The molecule has 1 aliphatic rings. The predicted octanol–water partition coefficient (Wildman–Crippen LogP) is 1.81. The first-order valence-electron chi connectivity index (χ1n) is 4.96.